The van der Waals surface area contributed by atoms with Crippen LogP contribution in [0.15, 0.2) is 0 Å². The Balaban J connectivity index is 2.43. The molecule has 1 aliphatic rings. The first-order chi connectivity index (χ1) is 10.2. The number of rotatable bonds is 3. The number of alkyl carbamates (subject to hydrolysis) is 1. The number of carbonyl (C=O) groups excluding carboxylic acids is 2. The molecule has 1 aliphatic heterocycles. The summed E-state index contributed by atoms with van der Waals surface area (Å²) in [6.45, 7) is 10.2. The molecule has 0 atom stereocenters. The highest BCUT2D eigenvalue weighted by Crippen LogP contribution is 2.15. The number of nitrogens with zero attached hydrogens (tertiary/aromatic N) is 1. The third kappa shape index (κ3) is 7.04. The normalized spacial score (nSPS) is 17.1. The molecule has 0 bridgehead atoms. The van der Waals surface area contributed by atoms with E-state index in [4.69, 9.17) is 9.47 Å². The summed E-state index contributed by atoms with van der Waals surface area (Å²) < 4.78 is 36.7. The Hall–Kier alpha value is -1.55. The first-order valence-corrected chi connectivity index (χ1v) is 8.62. The highest BCUT2D eigenvalue weighted by Gasteiger charge is 2.38. The van der Waals surface area contributed by atoms with Crippen LogP contribution in [0.5, 0.6) is 0 Å². The molecule has 23 heavy (non-hydrogen) atoms. The number of amides is 2. The largest absolute Gasteiger partial charge is 0.444 e. The maximum Gasteiger partial charge on any atom is 0.422 e. The molecule has 134 valence electrons. The van der Waals surface area contributed by atoms with Crippen molar-refractivity contribution in [3.05, 3.63) is 0 Å². The van der Waals surface area contributed by atoms with Gasteiger partial charge in [0.1, 0.15) is 11.2 Å². The zero-order valence-electron chi connectivity index (χ0n) is 14.3. The van der Waals surface area contributed by atoms with Crippen molar-refractivity contribution in [1.82, 2.24) is 14.3 Å². The molecule has 0 saturated carbocycles. The lowest BCUT2D eigenvalue weighted by molar-refractivity contribution is 0.0450. The summed E-state index contributed by atoms with van der Waals surface area (Å²) in [5, 5.41) is 2.56. The van der Waals surface area contributed by atoms with Gasteiger partial charge in [0.15, 0.2) is 0 Å². The van der Waals surface area contributed by atoms with Crippen LogP contribution in [0.2, 0.25) is 0 Å². The van der Waals surface area contributed by atoms with Crippen LogP contribution in [0.1, 0.15) is 41.5 Å². The van der Waals surface area contributed by atoms with Gasteiger partial charge in [-0.25, -0.2) is 14.3 Å². The minimum atomic E-state index is -3.98. The molecule has 2 amide bonds. The third-order valence-electron chi connectivity index (χ3n) is 2.52. The van der Waals surface area contributed by atoms with Crippen molar-refractivity contribution in [1.29, 1.82) is 0 Å². The molecule has 10 heteroatoms. The molecule has 1 rings (SSSR count). The van der Waals surface area contributed by atoms with Crippen LogP contribution in [-0.4, -0.2) is 55.2 Å². The molecule has 0 spiro atoms. The van der Waals surface area contributed by atoms with Crippen LogP contribution in [0.3, 0.4) is 0 Å². The molecule has 0 aromatic heterocycles. The van der Waals surface area contributed by atoms with Gasteiger partial charge in [0.25, 0.3) is 0 Å². The van der Waals surface area contributed by atoms with Gasteiger partial charge in [-0.1, -0.05) is 0 Å². The number of nitrogens with one attached hydrogen (secondary N) is 2. The summed E-state index contributed by atoms with van der Waals surface area (Å²) in [6, 6.07) is -0.361. The lowest BCUT2D eigenvalue weighted by Crippen LogP contribution is -2.63. The smallest absolute Gasteiger partial charge is 0.422 e. The molecule has 1 heterocycles. The standard InChI is InChI=1S/C13H25N3O6S/c1-12(2,3)21-10(17)14-9-7-16(8-9)23(19,20)15-11(18)22-13(4,5)6/h9H,7-8H2,1-6H3,(H,14,17)(H,15,18). The van der Waals surface area contributed by atoms with Crippen molar-refractivity contribution >= 4 is 22.4 Å². The highest BCUT2D eigenvalue weighted by atomic mass is 32.2. The van der Waals surface area contributed by atoms with Crippen LogP contribution in [0, 0.1) is 0 Å². The Morgan fingerprint density at radius 3 is 1.83 bits per heavy atom. The number of carbonyl (C=O) groups is 2. The first-order valence-electron chi connectivity index (χ1n) is 7.18. The van der Waals surface area contributed by atoms with E-state index in [9.17, 15) is 18.0 Å². The lowest BCUT2D eigenvalue weighted by atomic mass is 10.2. The SMILES string of the molecule is CC(C)(C)OC(=O)NC1CN(S(=O)(=O)NC(=O)OC(C)(C)C)C1. The maximum absolute atomic E-state index is 11.9. The van der Waals surface area contributed by atoms with Gasteiger partial charge in [0, 0.05) is 13.1 Å². The van der Waals surface area contributed by atoms with Gasteiger partial charge < -0.3 is 14.8 Å². The van der Waals surface area contributed by atoms with Gasteiger partial charge in [0.05, 0.1) is 6.04 Å². The molecular weight excluding hydrogens is 326 g/mol. The monoisotopic (exact) mass is 351 g/mol. The van der Waals surface area contributed by atoms with E-state index in [-0.39, 0.29) is 19.1 Å². The Kier molecular flexibility index (Phi) is 5.53. The predicted molar refractivity (Wildman–Crippen MR) is 83.0 cm³/mol. The van der Waals surface area contributed by atoms with Crippen molar-refractivity contribution in [2.24, 2.45) is 0 Å². The molecular formula is C13H25N3O6S. The summed E-state index contributed by atoms with van der Waals surface area (Å²) in [4.78, 5) is 23.1. The summed E-state index contributed by atoms with van der Waals surface area (Å²) in [5.74, 6) is 0. The fourth-order valence-electron chi connectivity index (χ4n) is 1.67. The topological polar surface area (TPSA) is 114 Å². The molecule has 0 unspecified atom stereocenters. The molecule has 1 fully saturated rings. The second-order valence-electron chi connectivity index (χ2n) is 7.27. The van der Waals surface area contributed by atoms with Gasteiger partial charge in [-0.3, -0.25) is 0 Å². The van der Waals surface area contributed by atoms with Gasteiger partial charge in [-0.2, -0.15) is 12.7 Å². The van der Waals surface area contributed by atoms with E-state index in [0.717, 1.165) is 4.31 Å². The summed E-state index contributed by atoms with van der Waals surface area (Å²) in [6.07, 6.45) is -1.65. The average molecular weight is 351 g/mol. The Morgan fingerprint density at radius 2 is 1.39 bits per heavy atom. The van der Waals surface area contributed by atoms with E-state index in [1.54, 1.807) is 41.5 Å². The highest BCUT2D eigenvalue weighted by molar-refractivity contribution is 7.87. The van der Waals surface area contributed by atoms with E-state index in [2.05, 4.69) is 5.32 Å². The molecule has 1 saturated heterocycles. The molecule has 0 aromatic carbocycles. The Labute approximate surface area is 136 Å². The van der Waals surface area contributed by atoms with Crippen molar-refractivity contribution in [3.8, 4) is 0 Å². The summed E-state index contributed by atoms with van der Waals surface area (Å²) in [7, 11) is -3.98. The fraction of sp³-hybridized carbons (Fsp3) is 0.846. The van der Waals surface area contributed by atoms with E-state index < -0.39 is 33.6 Å². The first kappa shape index (κ1) is 19.5. The molecule has 0 aliphatic carbocycles. The Bertz CT molecular complexity index is 555. The van der Waals surface area contributed by atoms with E-state index in [1.807, 2.05) is 4.72 Å². The third-order valence-corrected chi connectivity index (χ3v) is 3.92. The van der Waals surface area contributed by atoms with Crippen LogP contribution in [0.25, 0.3) is 0 Å². The van der Waals surface area contributed by atoms with E-state index in [1.165, 1.54) is 0 Å². The minimum Gasteiger partial charge on any atom is -0.444 e. The van der Waals surface area contributed by atoms with Crippen LogP contribution >= 0.6 is 0 Å². The zero-order chi connectivity index (χ0) is 18.1. The van der Waals surface area contributed by atoms with Crippen molar-refractivity contribution < 1.29 is 27.5 Å². The Morgan fingerprint density at radius 1 is 0.957 bits per heavy atom. The number of hydrogen-bond donors (Lipinski definition) is 2. The van der Waals surface area contributed by atoms with Crippen LogP contribution in [-0.2, 0) is 19.7 Å². The second-order valence-corrected chi connectivity index (χ2v) is 8.94. The van der Waals surface area contributed by atoms with Crippen LogP contribution < -0.4 is 10.0 Å². The van der Waals surface area contributed by atoms with Crippen molar-refractivity contribution in [2.45, 2.75) is 58.8 Å². The molecule has 0 aromatic rings. The lowest BCUT2D eigenvalue weighted by Gasteiger charge is -2.38. The second kappa shape index (κ2) is 6.52. The van der Waals surface area contributed by atoms with Gasteiger partial charge in [0.2, 0.25) is 0 Å². The zero-order valence-corrected chi connectivity index (χ0v) is 15.1. The quantitative estimate of drug-likeness (QED) is 0.783. The molecule has 2 N–H and O–H groups in total. The fourth-order valence-corrected chi connectivity index (χ4v) is 2.80. The predicted octanol–water partition coefficient (Wildman–Crippen LogP) is 0.965. The number of hydrogen-bond acceptors (Lipinski definition) is 6. The van der Waals surface area contributed by atoms with Gasteiger partial charge >= 0.3 is 22.4 Å². The van der Waals surface area contributed by atoms with Gasteiger partial charge in [-0.15, -0.1) is 0 Å². The van der Waals surface area contributed by atoms with Crippen LogP contribution in [0.4, 0.5) is 9.59 Å². The molecule has 9 nitrogen and oxygen atoms in total. The number of ether oxygens (including phenoxy) is 2. The van der Waals surface area contributed by atoms with Gasteiger partial charge in [-0.05, 0) is 41.5 Å². The summed E-state index contributed by atoms with van der Waals surface area (Å²) >= 11 is 0. The molecule has 0 radical (unpaired) electrons. The minimum absolute atomic E-state index is 0.0530. The van der Waals surface area contributed by atoms with Crippen molar-refractivity contribution in [3.63, 3.8) is 0 Å². The summed E-state index contributed by atoms with van der Waals surface area (Å²) in [5.41, 5.74) is -1.42. The average Bonchev–Trinajstić information content (AvgIpc) is 2.15. The van der Waals surface area contributed by atoms with E-state index >= 15 is 0 Å². The van der Waals surface area contributed by atoms with E-state index in [0.29, 0.717) is 0 Å². The maximum atomic E-state index is 11.9. The van der Waals surface area contributed by atoms with Crippen molar-refractivity contribution in [2.75, 3.05) is 13.1 Å².